The molecule has 0 amide bonds. The summed E-state index contributed by atoms with van der Waals surface area (Å²) in [5.74, 6) is 0.340. The molecule has 0 aromatic heterocycles. The van der Waals surface area contributed by atoms with Crippen molar-refractivity contribution in [1.29, 1.82) is 0 Å². The molecule has 1 N–H and O–H groups in total. The molecule has 18 heavy (non-hydrogen) atoms. The van der Waals surface area contributed by atoms with Gasteiger partial charge in [0.1, 0.15) is 6.04 Å². The number of hydrogen-bond acceptors (Lipinski definition) is 2. The van der Waals surface area contributed by atoms with Gasteiger partial charge in [-0.2, -0.15) is 0 Å². The van der Waals surface area contributed by atoms with E-state index in [9.17, 15) is 4.79 Å². The van der Waals surface area contributed by atoms with Crippen LogP contribution in [0.15, 0.2) is 30.3 Å². The molecule has 1 aliphatic heterocycles. The van der Waals surface area contributed by atoms with Gasteiger partial charge in [0.2, 0.25) is 0 Å². The lowest BCUT2D eigenvalue weighted by atomic mass is 9.81. The number of likely N-dealkylation sites (tertiary alicyclic amines) is 1. The minimum atomic E-state index is -0.722. The maximum absolute atomic E-state index is 11.0. The third-order valence-corrected chi connectivity index (χ3v) is 4.07. The summed E-state index contributed by atoms with van der Waals surface area (Å²) in [4.78, 5) is 13.1. The van der Waals surface area contributed by atoms with Gasteiger partial charge >= 0.3 is 5.97 Å². The van der Waals surface area contributed by atoms with Gasteiger partial charge in [-0.05, 0) is 37.3 Å². The highest BCUT2D eigenvalue weighted by Crippen LogP contribution is 2.33. The summed E-state index contributed by atoms with van der Waals surface area (Å²) in [5.41, 5.74) is 1.38. The van der Waals surface area contributed by atoms with Crippen LogP contribution in [0, 0.1) is 5.92 Å². The molecule has 0 saturated carbocycles. The Balaban J connectivity index is 2.03. The highest BCUT2D eigenvalue weighted by Gasteiger charge is 2.31. The molecule has 2 rings (SSSR count). The standard InChI is InChI=1S/C15H21NO2/c1-11-10-16(12(2)15(17)18)9-8-14(11)13-6-4-3-5-7-13/h3-7,11-12,14H,8-10H2,1-2H3,(H,17,18). The van der Waals surface area contributed by atoms with Crippen LogP contribution in [0.5, 0.6) is 0 Å². The van der Waals surface area contributed by atoms with Crippen molar-refractivity contribution in [3.63, 3.8) is 0 Å². The molecule has 1 saturated heterocycles. The maximum atomic E-state index is 11.0. The van der Waals surface area contributed by atoms with Crippen LogP contribution in [-0.2, 0) is 4.79 Å². The molecule has 3 atom stereocenters. The van der Waals surface area contributed by atoms with Crippen molar-refractivity contribution in [3.05, 3.63) is 35.9 Å². The normalized spacial score (nSPS) is 26.8. The highest BCUT2D eigenvalue weighted by atomic mass is 16.4. The Morgan fingerprint density at radius 1 is 1.39 bits per heavy atom. The zero-order valence-electron chi connectivity index (χ0n) is 11.0. The van der Waals surface area contributed by atoms with Gasteiger partial charge in [-0.25, -0.2) is 0 Å². The van der Waals surface area contributed by atoms with Crippen molar-refractivity contribution >= 4 is 5.97 Å². The molecule has 1 fully saturated rings. The number of piperidine rings is 1. The predicted molar refractivity (Wildman–Crippen MR) is 71.6 cm³/mol. The van der Waals surface area contributed by atoms with Gasteiger partial charge < -0.3 is 5.11 Å². The Kier molecular flexibility index (Phi) is 4.02. The van der Waals surface area contributed by atoms with Gasteiger partial charge in [0, 0.05) is 6.54 Å². The monoisotopic (exact) mass is 247 g/mol. The number of benzene rings is 1. The Morgan fingerprint density at radius 3 is 2.61 bits per heavy atom. The van der Waals surface area contributed by atoms with Crippen LogP contribution in [0.25, 0.3) is 0 Å². The first kappa shape index (κ1) is 13.1. The van der Waals surface area contributed by atoms with Crippen LogP contribution in [-0.4, -0.2) is 35.1 Å². The first-order valence-electron chi connectivity index (χ1n) is 6.61. The van der Waals surface area contributed by atoms with Crippen molar-refractivity contribution in [2.45, 2.75) is 32.2 Å². The SMILES string of the molecule is CC1CN(C(C)C(=O)O)CCC1c1ccccc1. The minimum Gasteiger partial charge on any atom is -0.480 e. The predicted octanol–water partition coefficient (Wildman–Crippen LogP) is 2.59. The van der Waals surface area contributed by atoms with Gasteiger partial charge in [-0.15, -0.1) is 0 Å². The Morgan fingerprint density at radius 2 is 2.06 bits per heavy atom. The summed E-state index contributed by atoms with van der Waals surface area (Å²) < 4.78 is 0. The summed E-state index contributed by atoms with van der Waals surface area (Å²) in [7, 11) is 0. The fourth-order valence-corrected chi connectivity index (χ4v) is 2.88. The third kappa shape index (κ3) is 2.72. The molecule has 3 unspecified atom stereocenters. The van der Waals surface area contributed by atoms with E-state index in [1.54, 1.807) is 6.92 Å². The molecule has 0 bridgehead atoms. The average Bonchev–Trinajstić information content (AvgIpc) is 2.38. The van der Waals surface area contributed by atoms with Crippen molar-refractivity contribution in [2.24, 2.45) is 5.92 Å². The van der Waals surface area contributed by atoms with Gasteiger partial charge in [-0.3, -0.25) is 9.69 Å². The molecule has 0 spiro atoms. The molecule has 1 aliphatic rings. The fraction of sp³-hybridized carbons (Fsp3) is 0.533. The summed E-state index contributed by atoms with van der Waals surface area (Å²) in [6, 6.07) is 10.2. The summed E-state index contributed by atoms with van der Waals surface area (Å²) in [6.45, 7) is 5.74. The lowest BCUT2D eigenvalue weighted by Crippen LogP contribution is -2.46. The second-order valence-electron chi connectivity index (χ2n) is 5.29. The number of carbonyl (C=O) groups is 1. The minimum absolute atomic E-state index is 0.371. The van der Waals surface area contributed by atoms with Crippen molar-refractivity contribution in [1.82, 2.24) is 4.90 Å². The maximum Gasteiger partial charge on any atom is 0.320 e. The Labute approximate surface area is 108 Å². The zero-order valence-corrected chi connectivity index (χ0v) is 11.0. The summed E-state index contributed by atoms with van der Waals surface area (Å²) in [5, 5.41) is 9.06. The van der Waals surface area contributed by atoms with E-state index in [1.165, 1.54) is 5.56 Å². The molecule has 0 radical (unpaired) electrons. The quantitative estimate of drug-likeness (QED) is 0.892. The summed E-state index contributed by atoms with van der Waals surface area (Å²) in [6.07, 6.45) is 1.04. The van der Waals surface area contributed by atoms with E-state index in [0.29, 0.717) is 11.8 Å². The Bertz CT molecular complexity index is 404. The smallest absolute Gasteiger partial charge is 0.320 e. The largest absolute Gasteiger partial charge is 0.480 e. The van der Waals surface area contributed by atoms with E-state index in [-0.39, 0.29) is 6.04 Å². The van der Waals surface area contributed by atoms with E-state index >= 15 is 0 Å². The number of carboxylic acids is 1. The Hall–Kier alpha value is -1.35. The first-order chi connectivity index (χ1) is 8.59. The van der Waals surface area contributed by atoms with E-state index < -0.39 is 5.97 Å². The van der Waals surface area contributed by atoms with Crippen LogP contribution in [0.1, 0.15) is 31.7 Å². The van der Waals surface area contributed by atoms with Gasteiger partial charge in [-0.1, -0.05) is 37.3 Å². The molecule has 1 aromatic carbocycles. The van der Waals surface area contributed by atoms with E-state index in [2.05, 4.69) is 36.1 Å². The van der Waals surface area contributed by atoms with Crippen molar-refractivity contribution < 1.29 is 9.90 Å². The number of aliphatic carboxylic acids is 1. The zero-order chi connectivity index (χ0) is 13.1. The van der Waals surface area contributed by atoms with Crippen LogP contribution in [0.3, 0.4) is 0 Å². The van der Waals surface area contributed by atoms with Gasteiger partial charge in [0.15, 0.2) is 0 Å². The molecule has 1 heterocycles. The molecular weight excluding hydrogens is 226 g/mol. The highest BCUT2D eigenvalue weighted by molar-refractivity contribution is 5.72. The van der Waals surface area contributed by atoms with Gasteiger partial charge in [0.05, 0.1) is 0 Å². The average molecular weight is 247 g/mol. The lowest BCUT2D eigenvalue weighted by Gasteiger charge is -2.39. The second kappa shape index (κ2) is 5.53. The third-order valence-electron chi connectivity index (χ3n) is 4.07. The summed E-state index contributed by atoms with van der Waals surface area (Å²) >= 11 is 0. The van der Waals surface area contributed by atoms with E-state index in [0.717, 1.165) is 19.5 Å². The number of rotatable bonds is 3. The molecule has 1 aromatic rings. The van der Waals surface area contributed by atoms with Crippen LogP contribution < -0.4 is 0 Å². The molecule has 0 aliphatic carbocycles. The molecule has 3 nitrogen and oxygen atoms in total. The lowest BCUT2D eigenvalue weighted by molar-refractivity contribution is -0.143. The van der Waals surface area contributed by atoms with Crippen molar-refractivity contribution in [2.75, 3.05) is 13.1 Å². The number of hydrogen-bond donors (Lipinski definition) is 1. The van der Waals surface area contributed by atoms with Gasteiger partial charge in [0.25, 0.3) is 0 Å². The fourth-order valence-electron chi connectivity index (χ4n) is 2.88. The van der Waals surface area contributed by atoms with Crippen LogP contribution in [0.4, 0.5) is 0 Å². The van der Waals surface area contributed by atoms with Crippen LogP contribution >= 0.6 is 0 Å². The second-order valence-corrected chi connectivity index (χ2v) is 5.29. The number of nitrogens with zero attached hydrogens (tertiary/aromatic N) is 1. The molecule has 3 heteroatoms. The van der Waals surface area contributed by atoms with Crippen molar-refractivity contribution in [3.8, 4) is 0 Å². The molecular formula is C15H21NO2. The molecule has 98 valence electrons. The van der Waals surface area contributed by atoms with E-state index in [4.69, 9.17) is 5.11 Å². The first-order valence-corrected chi connectivity index (χ1v) is 6.61. The number of carboxylic acid groups (broad SMARTS) is 1. The van der Waals surface area contributed by atoms with Crippen LogP contribution in [0.2, 0.25) is 0 Å². The topological polar surface area (TPSA) is 40.5 Å². The van der Waals surface area contributed by atoms with E-state index in [1.807, 2.05) is 6.07 Å².